The van der Waals surface area contributed by atoms with Crippen molar-refractivity contribution in [3.8, 4) is 11.5 Å². The molecule has 2 aromatic carbocycles. The highest BCUT2D eigenvalue weighted by atomic mass is 16.5. The largest absolute Gasteiger partial charge is 0.497 e. The Hall–Kier alpha value is -2.49. The van der Waals surface area contributed by atoms with Crippen LogP contribution in [0.5, 0.6) is 11.5 Å². The molecule has 0 spiro atoms. The second-order valence-corrected chi connectivity index (χ2v) is 5.17. The fraction of sp³-hybridized carbons (Fsp3) is 0.278. The van der Waals surface area contributed by atoms with Crippen molar-refractivity contribution in [1.29, 1.82) is 0 Å². The van der Waals surface area contributed by atoms with Crippen LogP contribution in [0.4, 0.5) is 0 Å². The number of benzene rings is 2. The summed E-state index contributed by atoms with van der Waals surface area (Å²) >= 11 is 0. The molecule has 1 atom stereocenters. The van der Waals surface area contributed by atoms with Crippen LogP contribution in [0.3, 0.4) is 0 Å². The summed E-state index contributed by atoms with van der Waals surface area (Å²) in [5.74, 6) is 1.35. The maximum Gasteiger partial charge on any atom is 0.258 e. The van der Waals surface area contributed by atoms with Gasteiger partial charge in [-0.25, -0.2) is 0 Å². The van der Waals surface area contributed by atoms with E-state index in [-0.39, 0.29) is 18.6 Å². The molecule has 0 saturated carbocycles. The Morgan fingerprint density at radius 3 is 2.50 bits per heavy atom. The lowest BCUT2D eigenvalue weighted by molar-refractivity contribution is -0.123. The van der Waals surface area contributed by atoms with Crippen molar-refractivity contribution in [2.45, 2.75) is 19.9 Å². The minimum atomic E-state index is -0.148. The van der Waals surface area contributed by atoms with Gasteiger partial charge in [0.05, 0.1) is 13.2 Å². The minimum Gasteiger partial charge on any atom is -0.497 e. The second kappa shape index (κ2) is 7.50. The molecule has 0 aliphatic carbocycles. The summed E-state index contributed by atoms with van der Waals surface area (Å²) in [5.41, 5.74) is 2.12. The SMILES string of the molecule is COc1ccc([C@H](C)NC(=O)COc2cccc(C)c2)cc1. The smallest absolute Gasteiger partial charge is 0.258 e. The molecule has 1 N–H and O–H groups in total. The third-order valence-electron chi connectivity index (χ3n) is 3.35. The first-order valence-electron chi connectivity index (χ1n) is 7.21. The van der Waals surface area contributed by atoms with Gasteiger partial charge in [-0.3, -0.25) is 4.79 Å². The van der Waals surface area contributed by atoms with E-state index in [1.165, 1.54) is 0 Å². The number of carbonyl (C=O) groups is 1. The predicted molar refractivity (Wildman–Crippen MR) is 86.2 cm³/mol. The fourth-order valence-electron chi connectivity index (χ4n) is 2.11. The molecule has 0 aromatic heterocycles. The lowest BCUT2D eigenvalue weighted by Crippen LogP contribution is -2.31. The van der Waals surface area contributed by atoms with Crippen LogP contribution in [-0.4, -0.2) is 19.6 Å². The third-order valence-corrected chi connectivity index (χ3v) is 3.35. The van der Waals surface area contributed by atoms with Crippen molar-refractivity contribution in [2.75, 3.05) is 13.7 Å². The average molecular weight is 299 g/mol. The molecule has 2 aromatic rings. The Morgan fingerprint density at radius 1 is 1.14 bits per heavy atom. The van der Waals surface area contributed by atoms with E-state index in [9.17, 15) is 4.79 Å². The zero-order chi connectivity index (χ0) is 15.9. The number of hydrogen-bond acceptors (Lipinski definition) is 3. The Morgan fingerprint density at radius 2 is 1.86 bits per heavy atom. The van der Waals surface area contributed by atoms with E-state index in [2.05, 4.69) is 5.32 Å². The van der Waals surface area contributed by atoms with Gasteiger partial charge in [-0.1, -0.05) is 24.3 Å². The molecule has 4 nitrogen and oxygen atoms in total. The van der Waals surface area contributed by atoms with Crippen LogP contribution in [0.25, 0.3) is 0 Å². The molecule has 2 rings (SSSR count). The molecular formula is C18H21NO3. The van der Waals surface area contributed by atoms with E-state index >= 15 is 0 Å². The van der Waals surface area contributed by atoms with Crippen LogP contribution in [0.2, 0.25) is 0 Å². The zero-order valence-corrected chi connectivity index (χ0v) is 13.1. The van der Waals surface area contributed by atoms with Gasteiger partial charge >= 0.3 is 0 Å². The summed E-state index contributed by atoms with van der Waals surface area (Å²) in [6.07, 6.45) is 0. The molecule has 0 unspecified atom stereocenters. The number of carbonyl (C=O) groups excluding carboxylic acids is 1. The number of ether oxygens (including phenoxy) is 2. The first kappa shape index (κ1) is 15.9. The van der Waals surface area contributed by atoms with Gasteiger partial charge in [0.2, 0.25) is 0 Å². The van der Waals surface area contributed by atoms with E-state index < -0.39 is 0 Å². The van der Waals surface area contributed by atoms with E-state index in [0.717, 1.165) is 16.9 Å². The van der Waals surface area contributed by atoms with Gasteiger partial charge in [-0.05, 0) is 49.2 Å². The van der Waals surface area contributed by atoms with E-state index in [1.54, 1.807) is 7.11 Å². The number of amides is 1. The Labute approximate surface area is 131 Å². The van der Waals surface area contributed by atoms with E-state index in [4.69, 9.17) is 9.47 Å². The molecule has 4 heteroatoms. The van der Waals surface area contributed by atoms with Crippen molar-refractivity contribution >= 4 is 5.91 Å². The Bertz CT molecular complexity index is 622. The Balaban J connectivity index is 1.85. The monoisotopic (exact) mass is 299 g/mol. The van der Waals surface area contributed by atoms with Gasteiger partial charge in [0, 0.05) is 0 Å². The topological polar surface area (TPSA) is 47.6 Å². The quantitative estimate of drug-likeness (QED) is 0.890. The molecule has 116 valence electrons. The van der Waals surface area contributed by atoms with Crippen molar-refractivity contribution in [3.05, 3.63) is 59.7 Å². The molecule has 0 fully saturated rings. The van der Waals surface area contributed by atoms with Crippen LogP contribution in [0.1, 0.15) is 24.1 Å². The molecule has 1 amide bonds. The number of methoxy groups -OCH3 is 1. The second-order valence-electron chi connectivity index (χ2n) is 5.17. The molecule has 0 heterocycles. The summed E-state index contributed by atoms with van der Waals surface area (Å²) in [6, 6.07) is 15.2. The normalized spacial score (nSPS) is 11.6. The number of rotatable bonds is 6. The minimum absolute atomic E-state index is 0.00392. The number of nitrogens with one attached hydrogen (secondary N) is 1. The third kappa shape index (κ3) is 4.52. The van der Waals surface area contributed by atoms with Gasteiger partial charge in [0.25, 0.3) is 5.91 Å². The van der Waals surface area contributed by atoms with Gasteiger partial charge in [0.15, 0.2) is 6.61 Å². The lowest BCUT2D eigenvalue weighted by atomic mass is 10.1. The highest BCUT2D eigenvalue weighted by molar-refractivity contribution is 5.78. The number of hydrogen-bond donors (Lipinski definition) is 1. The van der Waals surface area contributed by atoms with E-state index in [1.807, 2.05) is 62.4 Å². The highest BCUT2D eigenvalue weighted by Crippen LogP contribution is 2.17. The van der Waals surface area contributed by atoms with E-state index in [0.29, 0.717) is 5.75 Å². The van der Waals surface area contributed by atoms with Gasteiger partial charge < -0.3 is 14.8 Å². The lowest BCUT2D eigenvalue weighted by Gasteiger charge is -2.15. The fourth-order valence-corrected chi connectivity index (χ4v) is 2.11. The first-order valence-corrected chi connectivity index (χ1v) is 7.21. The molecular weight excluding hydrogens is 278 g/mol. The predicted octanol–water partition coefficient (Wildman–Crippen LogP) is 3.26. The molecule has 0 aliphatic rings. The van der Waals surface area contributed by atoms with Crippen molar-refractivity contribution in [1.82, 2.24) is 5.32 Å². The van der Waals surface area contributed by atoms with Crippen LogP contribution < -0.4 is 14.8 Å². The first-order chi connectivity index (χ1) is 10.6. The number of aryl methyl sites for hydroxylation is 1. The maximum atomic E-state index is 11.9. The van der Waals surface area contributed by atoms with Crippen LogP contribution in [0, 0.1) is 6.92 Å². The van der Waals surface area contributed by atoms with Crippen molar-refractivity contribution in [2.24, 2.45) is 0 Å². The van der Waals surface area contributed by atoms with Crippen molar-refractivity contribution in [3.63, 3.8) is 0 Å². The standard InChI is InChI=1S/C18H21NO3/c1-13-5-4-6-17(11-13)22-12-18(20)19-14(2)15-7-9-16(21-3)10-8-15/h4-11,14H,12H2,1-3H3,(H,19,20)/t14-/m0/s1. The van der Waals surface area contributed by atoms with Crippen LogP contribution >= 0.6 is 0 Å². The summed E-state index contributed by atoms with van der Waals surface area (Å²) in [6.45, 7) is 3.93. The van der Waals surface area contributed by atoms with Crippen LogP contribution in [0.15, 0.2) is 48.5 Å². The summed E-state index contributed by atoms with van der Waals surface area (Å²) in [5, 5.41) is 2.91. The zero-order valence-electron chi connectivity index (χ0n) is 13.1. The molecule has 0 bridgehead atoms. The van der Waals surface area contributed by atoms with Gasteiger partial charge in [0.1, 0.15) is 11.5 Å². The summed E-state index contributed by atoms with van der Waals surface area (Å²) in [4.78, 5) is 11.9. The molecule has 22 heavy (non-hydrogen) atoms. The summed E-state index contributed by atoms with van der Waals surface area (Å²) < 4.78 is 10.6. The molecule has 0 saturated heterocycles. The molecule has 0 radical (unpaired) electrons. The molecule has 0 aliphatic heterocycles. The highest BCUT2D eigenvalue weighted by Gasteiger charge is 2.10. The average Bonchev–Trinajstić information content (AvgIpc) is 2.53. The maximum absolute atomic E-state index is 11.9. The Kier molecular flexibility index (Phi) is 5.42. The van der Waals surface area contributed by atoms with Crippen LogP contribution in [-0.2, 0) is 4.79 Å². The summed E-state index contributed by atoms with van der Waals surface area (Å²) in [7, 11) is 1.63. The van der Waals surface area contributed by atoms with Gasteiger partial charge in [-0.2, -0.15) is 0 Å². The van der Waals surface area contributed by atoms with Gasteiger partial charge in [-0.15, -0.1) is 0 Å². The van der Waals surface area contributed by atoms with Crippen molar-refractivity contribution < 1.29 is 14.3 Å².